The summed E-state index contributed by atoms with van der Waals surface area (Å²) in [5, 5.41) is 0.929. The van der Waals surface area contributed by atoms with Crippen LogP contribution in [0, 0.1) is 6.92 Å². The van der Waals surface area contributed by atoms with E-state index in [2.05, 4.69) is 4.98 Å². The number of ether oxygens (including phenoxy) is 2. The van der Waals surface area contributed by atoms with Crippen molar-refractivity contribution in [3.63, 3.8) is 0 Å². The van der Waals surface area contributed by atoms with Crippen LogP contribution in [-0.4, -0.2) is 24.7 Å². The van der Waals surface area contributed by atoms with Crippen molar-refractivity contribution in [1.29, 1.82) is 0 Å². The van der Waals surface area contributed by atoms with Gasteiger partial charge in [0, 0.05) is 5.39 Å². The Labute approximate surface area is 99.5 Å². The van der Waals surface area contributed by atoms with Crippen molar-refractivity contribution in [2.45, 2.75) is 13.8 Å². The zero-order chi connectivity index (χ0) is 12.4. The Hall–Kier alpha value is -1.97. The first kappa shape index (κ1) is 11.5. The summed E-state index contributed by atoms with van der Waals surface area (Å²) in [6.07, 6.45) is 0. The van der Waals surface area contributed by atoms with Crippen LogP contribution in [0.3, 0.4) is 0 Å². The monoisotopic (exact) mass is 233 g/mol. The molecule has 4 nitrogen and oxygen atoms in total. The van der Waals surface area contributed by atoms with Crippen LogP contribution in [0.1, 0.15) is 23.0 Å². The molecular weight excluding hydrogens is 218 g/mol. The summed E-state index contributed by atoms with van der Waals surface area (Å²) in [4.78, 5) is 14.8. The SMILES string of the molecule is CCOC(=O)c1[nH]c2cccc(OC)c2c1C. The first-order chi connectivity index (χ1) is 8.19. The number of methoxy groups -OCH3 is 1. The molecule has 1 aromatic heterocycles. The highest BCUT2D eigenvalue weighted by molar-refractivity contribution is 6.00. The number of aromatic nitrogens is 1. The Morgan fingerprint density at radius 1 is 1.41 bits per heavy atom. The lowest BCUT2D eigenvalue weighted by atomic mass is 10.1. The number of carbonyl (C=O) groups excluding carboxylic acids is 1. The van der Waals surface area contributed by atoms with E-state index < -0.39 is 0 Å². The van der Waals surface area contributed by atoms with Gasteiger partial charge in [-0.05, 0) is 31.5 Å². The molecule has 0 aliphatic heterocycles. The number of aryl methyl sites for hydroxylation is 1. The zero-order valence-corrected chi connectivity index (χ0v) is 10.2. The summed E-state index contributed by atoms with van der Waals surface area (Å²) in [6.45, 7) is 4.04. The van der Waals surface area contributed by atoms with E-state index in [9.17, 15) is 4.79 Å². The minimum absolute atomic E-state index is 0.330. The summed E-state index contributed by atoms with van der Waals surface area (Å²) in [5.41, 5.74) is 2.23. The molecule has 2 rings (SSSR count). The summed E-state index contributed by atoms with van der Waals surface area (Å²) in [5.74, 6) is 0.426. The number of hydrogen-bond acceptors (Lipinski definition) is 3. The number of H-pyrrole nitrogens is 1. The van der Waals surface area contributed by atoms with E-state index in [4.69, 9.17) is 9.47 Å². The van der Waals surface area contributed by atoms with Gasteiger partial charge in [-0.3, -0.25) is 0 Å². The number of rotatable bonds is 3. The van der Waals surface area contributed by atoms with Gasteiger partial charge >= 0.3 is 5.97 Å². The van der Waals surface area contributed by atoms with E-state index >= 15 is 0 Å². The van der Waals surface area contributed by atoms with Crippen LogP contribution < -0.4 is 4.74 Å². The van der Waals surface area contributed by atoms with E-state index in [0.29, 0.717) is 12.3 Å². The van der Waals surface area contributed by atoms with Crippen molar-refractivity contribution in [3.05, 3.63) is 29.5 Å². The highest BCUT2D eigenvalue weighted by atomic mass is 16.5. The van der Waals surface area contributed by atoms with Crippen molar-refractivity contribution < 1.29 is 14.3 Å². The molecule has 1 N–H and O–H groups in total. The fourth-order valence-corrected chi connectivity index (χ4v) is 1.95. The molecule has 2 aromatic rings. The van der Waals surface area contributed by atoms with Crippen molar-refractivity contribution in [3.8, 4) is 5.75 Å². The average molecular weight is 233 g/mol. The molecule has 1 heterocycles. The molecular formula is C13H15NO3. The maximum atomic E-state index is 11.7. The molecule has 0 bridgehead atoms. The van der Waals surface area contributed by atoms with Crippen LogP contribution in [0.2, 0.25) is 0 Å². The number of benzene rings is 1. The van der Waals surface area contributed by atoms with Crippen molar-refractivity contribution in [1.82, 2.24) is 4.98 Å². The fraction of sp³-hybridized carbons (Fsp3) is 0.308. The van der Waals surface area contributed by atoms with Gasteiger partial charge in [-0.2, -0.15) is 0 Å². The molecule has 0 radical (unpaired) electrons. The number of hydrogen-bond donors (Lipinski definition) is 1. The molecule has 0 fully saturated rings. The van der Waals surface area contributed by atoms with Gasteiger partial charge in [0.25, 0.3) is 0 Å². The second-order valence-electron chi connectivity index (χ2n) is 3.73. The normalized spacial score (nSPS) is 10.5. The van der Waals surface area contributed by atoms with Crippen LogP contribution in [0.5, 0.6) is 5.75 Å². The number of fused-ring (bicyclic) bond motifs is 1. The quantitative estimate of drug-likeness (QED) is 0.829. The lowest BCUT2D eigenvalue weighted by Gasteiger charge is -2.02. The predicted molar refractivity (Wildman–Crippen MR) is 65.5 cm³/mol. The number of carbonyl (C=O) groups is 1. The fourth-order valence-electron chi connectivity index (χ4n) is 1.95. The molecule has 0 amide bonds. The predicted octanol–water partition coefficient (Wildman–Crippen LogP) is 2.66. The Kier molecular flexibility index (Phi) is 3.04. The largest absolute Gasteiger partial charge is 0.496 e. The molecule has 0 unspecified atom stereocenters. The number of nitrogens with one attached hydrogen (secondary N) is 1. The molecule has 0 atom stereocenters. The van der Waals surface area contributed by atoms with E-state index in [0.717, 1.165) is 22.2 Å². The molecule has 90 valence electrons. The third-order valence-electron chi connectivity index (χ3n) is 2.74. The number of aromatic amines is 1. The van der Waals surface area contributed by atoms with Gasteiger partial charge < -0.3 is 14.5 Å². The molecule has 0 spiro atoms. The molecule has 0 aliphatic carbocycles. The highest BCUT2D eigenvalue weighted by Gasteiger charge is 2.17. The van der Waals surface area contributed by atoms with E-state index in [1.54, 1.807) is 14.0 Å². The van der Waals surface area contributed by atoms with Crippen LogP contribution in [-0.2, 0) is 4.74 Å². The first-order valence-corrected chi connectivity index (χ1v) is 5.51. The molecule has 0 saturated carbocycles. The van der Waals surface area contributed by atoms with Crippen molar-refractivity contribution >= 4 is 16.9 Å². The molecule has 4 heteroatoms. The first-order valence-electron chi connectivity index (χ1n) is 5.51. The van der Waals surface area contributed by atoms with Crippen LogP contribution in [0.25, 0.3) is 10.9 Å². The Morgan fingerprint density at radius 3 is 2.82 bits per heavy atom. The minimum atomic E-state index is -0.330. The maximum absolute atomic E-state index is 11.7. The van der Waals surface area contributed by atoms with Gasteiger partial charge in [-0.1, -0.05) is 6.07 Å². The van der Waals surface area contributed by atoms with Crippen molar-refractivity contribution in [2.24, 2.45) is 0 Å². The third kappa shape index (κ3) is 1.86. The van der Waals surface area contributed by atoms with Gasteiger partial charge in [0.2, 0.25) is 0 Å². The van der Waals surface area contributed by atoms with Crippen molar-refractivity contribution in [2.75, 3.05) is 13.7 Å². The van der Waals surface area contributed by atoms with E-state index in [1.807, 2.05) is 25.1 Å². The summed E-state index contributed by atoms with van der Waals surface area (Å²) < 4.78 is 10.3. The smallest absolute Gasteiger partial charge is 0.355 e. The van der Waals surface area contributed by atoms with Gasteiger partial charge in [-0.25, -0.2) is 4.79 Å². The number of esters is 1. The van der Waals surface area contributed by atoms with Gasteiger partial charge in [0.1, 0.15) is 11.4 Å². The average Bonchev–Trinajstić information content (AvgIpc) is 2.67. The third-order valence-corrected chi connectivity index (χ3v) is 2.74. The van der Waals surface area contributed by atoms with Crippen LogP contribution in [0.4, 0.5) is 0 Å². The zero-order valence-electron chi connectivity index (χ0n) is 10.2. The van der Waals surface area contributed by atoms with E-state index in [1.165, 1.54) is 0 Å². The van der Waals surface area contributed by atoms with Crippen LogP contribution in [0.15, 0.2) is 18.2 Å². The Balaban J connectivity index is 2.61. The standard InChI is InChI=1S/C13H15NO3/c1-4-17-13(15)12-8(2)11-9(14-12)6-5-7-10(11)16-3/h5-7,14H,4H2,1-3H3. The Bertz CT molecular complexity index is 557. The van der Waals surface area contributed by atoms with Gasteiger partial charge in [0.05, 0.1) is 19.2 Å². The molecule has 0 saturated heterocycles. The molecule has 17 heavy (non-hydrogen) atoms. The Morgan fingerprint density at radius 2 is 2.18 bits per heavy atom. The second kappa shape index (κ2) is 4.49. The van der Waals surface area contributed by atoms with Gasteiger partial charge in [-0.15, -0.1) is 0 Å². The topological polar surface area (TPSA) is 51.3 Å². The summed E-state index contributed by atoms with van der Waals surface area (Å²) in [7, 11) is 1.62. The minimum Gasteiger partial charge on any atom is -0.496 e. The van der Waals surface area contributed by atoms with Gasteiger partial charge in [0.15, 0.2) is 0 Å². The summed E-state index contributed by atoms with van der Waals surface area (Å²) in [6, 6.07) is 5.66. The van der Waals surface area contributed by atoms with E-state index in [-0.39, 0.29) is 5.97 Å². The second-order valence-corrected chi connectivity index (χ2v) is 3.73. The molecule has 1 aromatic carbocycles. The summed E-state index contributed by atoms with van der Waals surface area (Å²) >= 11 is 0. The lowest BCUT2D eigenvalue weighted by Crippen LogP contribution is -2.06. The maximum Gasteiger partial charge on any atom is 0.355 e. The molecule has 0 aliphatic rings. The lowest BCUT2D eigenvalue weighted by molar-refractivity contribution is 0.0520. The van der Waals surface area contributed by atoms with Crippen LogP contribution >= 0.6 is 0 Å². The highest BCUT2D eigenvalue weighted by Crippen LogP contribution is 2.30.